The van der Waals surface area contributed by atoms with Crippen molar-refractivity contribution in [3.05, 3.63) is 24.0 Å². The second-order valence-corrected chi connectivity index (χ2v) is 4.85. The van der Waals surface area contributed by atoms with Crippen LogP contribution in [0.2, 0.25) is 0 Å². The molecule has 3 heteroatoms. The molecule has 0 bridgehead atoms. The van der Waals surface area contributed by atoms with Crippen LogP contribution in [0.5, 0.6) is 5.75 Å². The molecule has 0 amide bonds. The van der Waals surface area contributed by atoms with Crippen molar-refractivity contribution in [1.29, 1.82) is 0 Å². The molecule has 0 unspecified atom stereocenters. The lowest BCUT2D eigenvalue weighted by atomic mass is 9.87. The van der Waals surface area contributed by atoms with Crippen LogP contribution in [0, 0.1) is 0 Å². The van der Waals surface area contributed by atoms with Crippen LogP contribution in [0.25, 0.3) is 0 Å². The lowest BCUT2D eigenvalue weighted by molar-refractivity contribution is 0.409. The standard InChI is InChI=1S/C12H16N2O/c1-15-10-6-9(7-14-8-10)11(2-3-11)12(13)4-5-12/h6-8H,2-5,13H2,1H3. The van der Waals surface area contributed by atoms with Gasteiger partial charge in [0.2, 0.25) is 0 Å². The van der Waals surface area contributed by atoms with Crippen molar-refractivity contribution in [1.82, 2.24) is 4.98 Å². The quantitative estimate of drug-likeness (QED) is 0.813. The molecule has 2 N–H and O–H groups in total. The van der Waals surface area contributed by atoms with Crippen molar-refractivity contribution in [3.8, 4) is 5.75 Å². The summed E-state index contributed by atoms with van der Waals surface area (Å²) in [5.41, 5.74) is 7.88. The third-order valence-corrected chi connectivity index (χ3v) is 3.99. The molecule has 1 aromatic rings. The molecule has 1 heterocycles. The topological polar surface area (TPSA) is 48.1 Å². The molecule has 80 valence electrons. The highest BCUT2D eigenvalue weighted by Crippen LogP contribution is 2.63. The summed E-state index contributed by atoms with van der Waals surface area (Å²) in [5.74, 6) is 0.836. The molecule has 0 spiro atoms. The number of methoxy groups -OCH3 is 1. The minimum Gasteiger partial charge on any atom is -0.495 e. The first-order chi connectivity index (χ1) is 7.20. The number of aromatic nitrogens is 1. The van der Waals surface area contributed by atoms with Gasteiger partial charge in [-0.05, 0) is 37.3 Å². The van der Waals surface area contributed by atoms with Gasteiger partial charge < -0.3 is 10.5 Å². The molecule has 3 rings (SSSR count). The fourth-order valence-corrected chi connectivity index (χ4v) is 2.60. The summed E-state index contributed by atoms with van der Waals surface area (Å²) in [6.07, 6.45) is 8.42. The molecular formula is C12H16N2O. The van der Waals surface area contributed by atoms with Crippen LogP contribution in [0.1, 0.15) is 31.2 Å². The van der Waals surface area contributed by atoms with Gasteiger partial charge in [-0.1, -0.05) is 0 Å². The molecule has 2 aliphatic rings. The number of hydrogen-bond donors (Lipinski definition) is 1. The van der Waals surface area contributed by atoms with Crippen LogP contribution in [0.3, 0.4) is 0 Å². The zero-order valence-corrected chi connectivity index (χ0v) is 8.99. The maximum absolute atomic E-state index is 6.34. The highest BCUT2D eigenvalue weighted by Gasteiger charge is 2.64. The average Bonchev–Trinajstić information content (AvgIpc) is 3.13. The van der Waals surface area contributed by atoms with Gasteiger partial charge in [0.1, 0.15) is 5.75 Å². The van der Waals surface area contributed by atoms with E-state index in [1.807, 2.05) is 6.20 Å². The molecular weight excluding hydrogens is 188 g/mol. The number of pyridine rings is 1. The fourth-order valence-electron chi connectivity index (χ4n) is 2.60. The van der Waals surface area contributed by atoms with Gasteiger partial charge in [-0.2, -0.15) is 0 Å². The first kappa shape index (κ1) is 9.16. The first-order valence-corrected chi connectivity index (χ1v) is 5.49. The summed E-state index contributed by atoms with van der Waals surface area (Å²) in [6, 6.07) is 2.09. The van der Waals surface area contributed by atoms with E-state index in [4.69, 9.17) is 10.5 Å². The molecule has 0 radical (unpaired) electrons. The normalized spacial score (nSPS) is 24.7. The van der Waals surface area contributed by atoms with Crippen LogP contribution in [0.4, 0.5) is 0 Å². The van der Waals surface area contributed by atoms with Gasteiger partial charge in [0.15, 0.2) is 0 Å². The lowest BCUT2D eigenvalue weighted by Crippen LogP contribution is -2.37. The summed E-state index contributed by atoms with van der Waals surface area (Å²) in [6.45, 7) is 0. The van der Waals surface area contributed by atoms with Crippen molar-refractivity contribution in [2.75, 3.05) is 7.11 Å². The first-order valence-electron chi connectivity index (χ1n) is 5.49. The van der Waals surface area contributed by atoms with Gasteiger partial charge in [-0.3, -0.25) is 4.98 Å². The number of ether oxygens (including phenoxy) is 1. The monoisotopic (exact) mass is 204 g/mol. The molecule has 1 aromatic heterocycles. The van der Waals surface area contributed by atoms with E-state index in [-0.39, 0.29) is 11.0 Å². The predicted octanol–water partition coefficient (Wildman–Crippen LogP) is 1.61. The van der Waals surface area contributed by atoms with E-state index in [0.717, 1.165) is 18.6 Å². The third kappa shape index (κ3) is 1.19. The van der Waals surface area contributed by atoms with Crippen molar-refractivity contribution < 1.29 is 4.74 Å². The van der Waals surface area contributed by atoms with Gasteiger partial charge in [-0.25, -0.2) is 0 Å². The van der Waals surface area contributed by atoms with Gasteiger partial charge in [-0.15, -0.1) is 0 Å². The van der Waals surface area contributed by atoms with Gasteiger partial charge in [0, 0.05) is 17.2 Å². The molecule has 2 saturated carbocycles. The molecule has 0 atom stereocenters. The van der Waals surface area contributed by atoms with Crippen LogP contribution in [0.15, 0.2) is 18.5 Å². The summed E-state index contributed by atoms with van der Waals surface area (Å²) < 4.78 is 5.21. The van der Waals surface area contributed by atoms with Gasteiger partial charge in [0.25, 0.3) is 0 Å². The Morgan fingerprint density at radius 1 is 1.27 bits per heavy atom. The molecule has 0 saturated heterocycles. The third-order valence-electron chi connectivity index (χ3n) is 3.99. The Morgan fingerprint density at radius 2 is 2.00 bits per heavy atom. The number of rotatable bonds is 3. The van der Waals surface area contributed by atoms with E-state index in [0.29, 0.717) is 0 Å². The van der Waals surface area contributed by atoms with Gasteiger partial charge >= 0.3 is 0 Å². The number of nitrogens with two attached hydrogens (primary N) is 1. The largest absolute Gasteiger partial charge is 0.495 e. The van der Waals surface area contributed by atoms with Crippen molar-refractivity contribution >= 4 is 0 Å². The Kier molecular flexibility index (Phi) is 1.67. The predicted molar refractivity (Wildman–Crippen MR) is 57.9 cm³/mol. The van der Waals surface area contributed by atoms with Crippen molar-refractivity contribution in [2.24, 2.45) is 5.73 Å². The summed E-state index contributed by atoms with van der Waals surface area (Å²) in [5, 5.41) is 0. The van der Waals surface area contributed by atoms with Crippen LogP contribution in [-0.4, -0.2) is 17.6 Å². The molecule has 15 heavy (non-hydrogen) atoms. The second-order valence-electron chi connectivity index (χ2n) is 4.85. The Hall–Kier alpha value is -1.09. The summed E-state index contributed by atoms with van der Waals surface area (Å²) >= 11 is 0. The maximum Gasteiger partial charge on any atom is 0.137 e. The smallest absolute Gasteiger partial charge is 0.137 e. The van der Waals surface area contributed by atoms with Crippen LogP contribution >= 0.6 is 0 Å². The van der Waals surface area contributed by atoms with Crippen LogP contribution < -0.4 is 10.5 Å². The van der Waals surface area contributed by atoms with E-state index in [1.165, 1.54) is 18.4 Å². The zero-order chi connectivity index (χ0) is 10.5. The SMILES string of the molecule is COc1cncc(C2(C3(N)CC3)CC2)c1. The molecule has 0 aliphatic heterocycles. The minimum atomic E-state index is 0.0566. The summed E-state index contributed by atoms with van der Waals surface area (Å²) in [7, 11) is 1.68. The number of hydrogen-bond acceptors (Lipinski definition) is 3. The van der Waals surface area contributed by atoms with E-state index in [2.05, 4.69) is 11.1 Å². The highest BCUT2D eigenvalue weighted by atomic mass is 16.5. The molecule has 3 nitrogen and oxygen atoms in total. The Morgan fingerprint density at radius 3 is 2.53 bits per heavy atom. The lowest BCUT2D eigenvalue weighted by Gasteiger charge is -2.23. The molecule has 2 aliphatic carbocycles. The summed E-state index contributed by atoms with van der Waals surface area (Å²) in [4.78, 5) is 4.22. The maximum atomic E-state index is 6.34. The fraction of sp³-hybridized carbons (Fsp3) is 0.583. The van der Waals surface area contributed by atoms with E-state index < -0.39 is 0 Å². The highest BCUT2D eigenvalue weighted by molar-refractivity contribution is 5.41. The zero-order valence-electron chi connectivity index (χ0n) is 8.99. The minimum absolute atomic E-state index is 0.0566. The van der Waals surface area contributed by atoms with Crippen LogP contribution in [-0.2, 0) is 5.41 Å². The van der Waals surface area contributed by atoms with E-state index in [9.17, 15) is 0 Å². The Balaban J connectivity index is 1.98. The number of nitrogens with zero attached hydrogens (tertiary/aromatic N) is 1. The average molecular weight is 204 g/mol. The van der Waals surface area contributed by atoms with Gasteiger partial charge in [0.05, 0.1) is 13.3 Å². The van der Waals surface area contributed by atoms with E-state index in [1.54, 1.807) is 13.3 Å². The second kappa shape index (κ2) is 2.73. The van der Waals surface area contributed by atoms with Crippen molar-refractivity contribution in [3.63, 3.8) is 0 Å². The Labute approximate surface area is 89.6 Å². The van der Waals surface area contributed by atoms with E-state index >= 15 is 0 Å². The molecule has 0 aromatic carbocycles. The van der Waals surface area contributed by atoms with Crippen molar-refractivity contribution in [2.45, 2.75) is 36.6 Å². The molecule has 2 fully saturated rings. The Bertz CT molecular complexity index is 394.